The van der Waals surface area contributed by atoms with Gasteiger partial charge in [-0.25, -0.2) is 4.39 Å². The molecule has 1 heterocycles. The van der Waals surface area contributed by atoms with Crippen molar-refractivity contribution in [3.8, 4) is 5.75 Å². The molecule has 0 radical (unpaired) electrons. The predicted molar refractivity (Wildman–Crippen MR) is 145 cm³/mol. The van der Waals surface area contributed by atoms with E-state index in [1.807, 2.05) is 24.3 Å². The predicted octanol–water partition coefficient (Wildman–Crippen LogP) is 5.03. The van der Waals surface area contributed by atoms with Crippen molar-refractivity contribution in [1.29, 1.82) is 0 Å². The summed E-state index contributed by atoms with van der Waals surface area (Å²) in [6.07, 6.45) is 1.43. The molecule has 1 N–H and O–H groups in total. The second-order valence-electron chi connectivity index (χ2n) is 9.40. The number of nitrogens with one attached hydrogen (secondary N) is 1. The molecule has 1 aliphatic heterocycles. The van der Waals surface area contributed by atoms with E-state index in [0.717, 1.165) is 18.8 Å². The van der Waals surface area contributed by atoms with E-state index in [2.05, 4.69) is 10.2 Å². The maximum atomic E-state index is 13.6. The molecule has 0 spiro atoms. The Labute approximate surface area is 222 Å². The second-order valence-corrected chi connectivity index (χ2v) is 9.40. The van der Waals surface area contributed by atoms with E-state index in [9.17, 15) is 18.8 Å². The summed E-state index contributed by atoms with van der Waals surface area (Å²) in [6, 6.07) is 19.9. The lowest BCUT2D eigenvalue weighted by molar-refractivity contribution is -0.114. The molecule has 1 aliphatic rings. The number of carbonyl (C=O) groups is 3. The number of ketones is 1. The zero-order valence-electron chi connectivity index (χ0n) is 21.7. The summed E-state index contributed by atoms with van der Waals surface area (Å²) in [4.78, 5) is 41.7. The summed E-state index contributed by atoms with van der Waals surface area (Å²) in [6.45, 7) is 4.01. The monoisotopic (exact) mass is 517 g/mol. The van der Waals surface area contributed by atoms with E-state index in [4.69, 9.17) is 4.74 Å². The molecular formula is C30H32FN3O4. The Morgan fingerprint density at radius 1 is 0.974 bits per heavy atom. The lowest BCUT2D eigenvalue weighted by Gasteiger charge is -2.33. The lowest BCUT2D eigenvalue weighted by Crippen LogP contribution is -2.42. The first kappa shape index (κ1) is 27.0. The van der Waals surface area contributed by atoms with Gasteiger partial charge in [-0.1, -0.05) is 6.07 Å². The third-order valence-electron chi connectivity index (χ3n) is 6.79. The molecule has 0 saturated carbocycles. The number of halogens is 1. The van der Waals surface area contributed by atoms with Crippen molar-refractivity contribution in [3.05, 3.63) is 89.7 Å². The van der Waals surface area contributed by atoms with Crippen molar-refractivity contribution in [2.45, 2.75) is 19.8 Å². The minimum absolute atomic E-state index is 0.0561. The average Bonchev–Trinajstić information content (AvgIpc) is 2.93. The van der Waals surface area contributed by atoms with Crippen molar-refractivity contribution < 1.29 is 23.5 Å². The number of nitrogens with zero attached hydrogens (tertiary/aromatic N) is 2. The molecule has 7 nitrogen and oxygen atoms in total. The number of hydrogen-bond donors (Lipinski definition) is 1. The SMILES string of the molecule is COc1cccc(N(CCN2CCC(C(=O)c3ccc(F)cc3)CC2)C(=O)c2ccc(NC(C)=O)cc2)c1. The van der Waals surface area contributed by atoms with Crippen molar-refractivity contribution >= 4 is 29.0 Å². The standard InChI is InChI=1S/C30H32FN3O4/c1-21(35)32-26-12-8-24(9-13-26)30(37)34(27-4-3-5-28(20-27)38-2)19-18-33-16-14-23(15-17-33)29(36)22-6-10-25(31)11-7-22/h3-13,20,23H,14-19H2,1-2H3,(H,32,35). The smallest absolute Gasteiger partial charge is 0.258 e. The van der Waals surface area contributed by atoms with Crippen LogP contribution in [0.5, 0.6) is 5.75 Å². The molecule has 0 atom stereocenters. The van der Waals surface area contributed by atoms with E-state index in [1.165, 1.54) is 19.1 Å². The lowest BCUT2D eigenvalue weighted by atomic mass is 9.89. The van der Waals surface area contributed by atoms with Gasteiger partial charge in [0.05, 0.1) is 7.11 Å². The number of piperidine rings is 1. The summed E-state index contributed by atoms with van der Waals surface area (Å²) >= 11 is 0. The van der Waals surface area contributed by atoms with Crippen LogP contribution in [-0.2, 0) is 4.79 Å². The Hall–Kier alpha value is -4.04. The average molecular weight is 518 g/mol. The van der Waals surface area contributed by atoms with Gasteiger partial charge < -0.3 is 19.9 Å². The van der Waals surface area contributed by atoms with E-state index in [0.29, 0.717) is 48.5 Å². The Morgan fingerprint density at radius 3 is 2.26 bits per heavy atom. The number of benzene rings is 3. The minimum Gasteiger partial charge on any atom is -0.497 e. The second kappa shape index (κ2) is 12.5. The first-order chi connectivity index (χ1) is 18.3. The fourth-order valence-electron chi connectivity index (χ4n) is 4.69. The molecule has 1 saturated heterocycles. The van der Waals surface area contributed by atoms with Crippen molar-refractivity contribution in [3.63, 3.8) is 0 Å². The third-order valence-corrected chi connectivity index (χ3v) is 6.79. The summed E-state index contributed by atoms with van der Waals surface area (Å²) in [7, 11) is 1.59. The van der Waals surface area contributed by atoms with Crippen LogP contribution in [0.2, 0.25) is 0 Å². The van der Waals surface area contributed by atoms with Crippen molar-refractivity contribution in [2.24, 2.45) is 5.92 Å². The Bertz CT molecular complexity index is 1270. The molecule has 1 fully saturated rings. The third kappa shape index (κ3) is 6.83. The normalized spacial score (nSPS) is 14.1. The van der Waals surface area contributed by atoms with Crippen LogP contribution in [0.4, 0.5) is 15.8 Å². The molecule has 4 rings (SSSR count). The first-order valence-electron chi connectivity index (χ1n) is 12.7. The summed E-state index contributed by atoms with van der Waals surface area (Å²) in [5.41, 5.74) is 2.40. The van der Waals surface area contributed by atoms with Gasteiger partial charge >= 0.3 is 0 Å². The van der Waals surface area contributed by atoms with Crippen LogP contribution in [0.15, 0.2) is 72.8 Å². The maximum Gasteiger partial charge on any atom is 0.258 e. The number of hydrogen-bond acceptors (Lipinski definition) is 5. The highest BCUT2D eigenvalue weighted by molar-refractivity contribution is 6.06. The summed E-state index contributed by atoms with van der Waals surface area (Å²) in [5.74, 6) is -0.0636. The van der Waals surface area contributed by atoms with Crippen LogP contribution >= 0.6 is 0 Å². The fraction of sp³-hybridized carbons (Fsp3) is 0.300. The van der Waals surface area contributed by atoms with E-state index >= 15 is 0 Å². The number of likely N-dealkylation sites (tertiary alicyclic amines) is 1. The summed E-state index contributed by atoms with van der Waals surface area (Å²) in [5, 5.41) is 2.71. The molecule has 3 aromatic rings. The number of methoxy groups -OCH3 is 1. The molecule has 8 heteroatoms. The number of ether oxygens (including phenoxy) is 1. The van der Waals surface area contributed by atoms with Gasteiger partial charge in [0.25, 0.3) is 5.91 Å². The van der Waals surface area contributed by atoms with Crippen molar-refractivity contribution in [1.82, 2.24) is 4.90 Å². The topological polar surface area (TPSA) is 79.0 Å². The van der Waals surface area contributed by atoms with E-state index in [-0.39, 0.29) is 29.3 Å². The van der Waals surface area contributed by atoms with Crippen LogP contribution < -0.4 is 15.0 Å². The Kier molecular flexibility index (Phi) is 8.86. The van der Waals surface area contributed by atoms with Gasteiger partial charge in [-0.05, 0) is 86.6 Å². The number of carbonyl (C=O) groups excluding carboxylic acids is 3. The minimum atomic E-state index is -0.352. The van der Waals surface area contributed by atoms with Gasteiger partial charge in [0.1, 0.15) is 11.6 Å². The molecule has 3 aromatic carbocycles. The zero-order chi connectivity index (χ0) is 27.1. The molecule has 38 heavy (non-hydrogen) atoms. The number of anilines is 2. The van der Waals surface area contributed by atoms with Gasteiger partial charge in [0, 0.05) is 54.5 Å². The van der Waals surface area contributed by atoms with Gasteiger partial charge in [-0.15, -0.1) is 0 Å². The number of Topliss-reactive ketones (excluding diaryl/α,β-unsaturated/α-hetero) is 1. The maximum absolute atomic E-state index is 13.6. The van der Waals surface area contributed by atoms with Crippen LogP contribution in [0.3, 0.4) is 0 Å². The largest absolute Gasteiger partial charge is 0.497 e. The molecule has 0 unspecified atom stereocenters. The molecule has 0 aliphatic carbocycles. The van der Waals surface area contributed by atoms with Gasteiger partial charge in [-0.3, -0.25) is 14.4 Å². The van der Waals surface area contributed by atoms with E-state index in [1.54, 1.807) is 48.4 Å². The van der Waals surface area contributed by atoms with Gasteiger partial charge in [0.2, 0.25) is 5.91 Å². The Balaban J connectivity index is 1.42. The molecule has 0 aromatic heterocycles. The number of rotatable bonds is 9. The highest BCUT2D eigenvalue weighted by Gasteiger charge is 2.27. The molecule has 198 valence electrons. The quantitative estimate of drug-likeness (QED) is 0.403. The van der Waals surface area contributed by atoms with Crippen LogP contribution in [0.1, 0.15) is 40.5 Å². The van der Waals surface area contributed by atoms with Crippen LogP contribution in [-0.4, -0.2) is 55.8 Å². The number of amides is 2. The zero-order valence-corrected chi connectivity index (χ0v) is 21.7. The Morgan fingerprint density at radius 2 is 1.63 bits per heavy atom. The molecule has 0 bridgehead atoms. The van der Waals surface area contributed by atoms with Gasteiger partial charge in [0.15, 0.2) is 5.78 Å². The van der Waals surface area contributed by atoms with Crippen molar-refractivity contribution in [2.75, 3.05) is 43.5 Å². The van der Waals surface area contributed by atoms with Crippen LogP contribution in [0.25, 0.3) is 0 Å². The molecule has 2 amide bonds. The first-order valence-corrected chi connectivity index (χ1v) is 12.7. The highest BCUT2D eigenvalue weighted by Crippen LogP contribution is 2.25. The summed E-state index contributed by atoms with van der Waals surface area (Å²) < 4.78 is 18.6. The highest BCUT2D eigenvalue weighted by atomic mass is 19.1. The molecular weight excluding hydrogens is 485 g/mol. The van der Waals surface area contributed by atoms with E-state index < -0.39 is 0 Å². The van der Waals surface area contributed by atoms with Gasteiger partial charge in [-0.2, -0.15) is 0 Å². The van der Waals surface area contributed by atoms with Crippen LogP contribution in [0, 0.1) is 11.7 Å². The fourth-order valence-corrected chi connectivity index (χ4v) is 4.69.